The second kappa shape index (κ2) is 6.01. The molecule has 3 N–H and O–H groups in total. The first-order chi connectivity index (χ1) is 8.25. The number of nitrogens with two attached hydrogens (primary N) is 1. The van der Waals surface area contributed by atoms with Crippen LogP contribution < -0.4 is 11.1 Å². The lowest BCUT2D eigenvalue weighted by molar-refractivity contribution is 0.458. The summed E-state index contributed by atoms with van der Waals surface area (Å²) < 4.78 is 13.3. The first-order valence-corrected chi connectivity index (χ1v) is 6.53. The van der Waals surface area contributed by atoms with Gasteiger partial charge in [-0.3, -0.25) is 0 Å². The van der Waals surface area contributed by atoms with Crippen LogP contribution in [0.3, 0.4) is 0 Å². The van der Waals surface area contributed by atoms with Crippen molar-refractivity contribution in [2.45, 2.75) is 51.1 Å². The number of hydrogen-bond acceptors (Lipinski definition) is 2. The highest BCUT2D eigenvalue weighted by Gasteiger charge is 2.11. The normalized spacial score (nSPS) is 17.9. The Balaban J connectivity index is 1.85. The van der Waals surface area contributed by atoms with Crippen LogP contribution in [0.4, 0.5) is 10.1 Å². The Bertz CT molecular complexity index is 357. The van der Waals surface area contributed by atoms with Gasteiger partial charge in [-0.2, -0.15) is 0 Å². The zero-order chi connectivity index (χ0) is 12.1. The van der Waals surface area contributed by atoms with Crippen molar-refractivity contribution < 1.29 is 4.39 Å². The van der Waals surface area contributed by atoms with E-state index in [0.29, 0.717) is 6.04 Å². The van der Waals surface area contributed by atoms with Crippen LogP contribution in [0.1, 0.15) is 44.1 Å². The molecule has 0 aromatic heterocycles. The molecule has 0 bridgehead atoms. The molecule has 94 valence electrons. The standard InChI is InChI=1S/C14H21FN2/c15-13-9-11(7-8-14(13)16)10-17-12-5-3-1-2-4-6-12/h7-9,12,17H,1-6,10,16H2. The zero-order valence-corrected chi connectivity index (χ0v) is 10.2. The summed E-state index contributed by atoms with van der Waals surface area (Å²) in [5, 5.41) is 3.52. The predicted molar refractivity (Wildman–Crippen MR) is 69.1 cm³/mol. The minimum absolute atomic E-state index is 0.225. The molecule has 1 aliphatic carbocycles. The lowest BCUT2D eigenvalue weighted by Gasteiger charge is -2.16. The summed E-state index contributed by atoms with van der Waals surface area (Å²) in [5.74, 6) is -0.315. The van der Waals surface area contributed by atoms with Crippen LogP contribution in [0.25, 0.3) is 0 Å². The maximum Gasteiger partial charge on any atom is 0.146 e. The fourth-order valence-corrected chi connectivity index (χ4v) is 2.43. The molecule has 1 aromatic carbocycles. The quantitative estimate of drug-likeness (QED) is 0.624. The fourth-order valence-electron chi connectivity index (χ4n) is 2.43. The van der Waals surface area contributed by atoms with Crippen molar-refractivity contribution in [3.63, 3.8) is 0 Å². The van der Waals surface area contributed by atoms with E-state index < -0.39 is 0 Å². The summed E-state index contributed by atoms with van der Waals surface area (Å²) in [6, 6.07) is 5.65. The van der Waals surface area contributed by atoms with E-state index in [1.807, 2.05) is 6.07 Å². The first kappa shape index (κ1) is 12.4. The number of benzene rings is 1. The summed E-state index contributed by atoms with van der Waals surface area (Å²) in [5.41, 5.74) is 6.65. The van der Waals surface area contributed by atoms with E-state index in [1.54, 1.807) is 6.07 Å². The van der Waals surface area contributed by atoms with Crippen molar-refractivity contribution in [1.82, 2.24) is 5.32 Å². The summed E-state index contributed by atoms with van der Waals surface area (Å²) in [6.45, 7) is 0.738. The monoisotopic (exact) mass is 236 g/mol. The van der Waals surface area contributed by atoms with Gasteiger partial charge in [0.2, 0.25) is 0 Å². The Morgan fingerprint density at radius 3 is 2.53 bits per heavy atom. The molecule has 1 aromatic rings. The molecule has 0 amide bonds. The van der Waals surface area contributed by atoms with Crippen LogP contribution in [-0.2, 0) is 6.54 Å². The third-order valence-corrected chi connectivity index (χ3v) is 3.51. The lowest BCUT2D eigenvalue weighted by atomic mass is 10.1. The second-order valence-corrected chi connectivity index (χ2v) is 4.93. The Kier molecular flexibility index (Phi) is 4.37. The topological polar surface area (TPSA) is 38.0 Å². The largest absolute Gasteiger partial charge is 0.396 e. The first-order valence-electron chi connectivity index (χ1n) is 6.53. The van der Waals surface area contributed by atoms with Gasteiger partial charge < -0.3 is 11.1 Å². The maximum absolute atomic E-state index is 13.3. The van der Waals surface area contributed by atoms with E-state index in [-0.39, 0.29) is 11.5 Å². The van der Waals surface area contributed by atoms with Gasteiger partial charge in [0.15, 0.2) is 0 Å². The summed E-state index contributed by atoms with van der Waals surface area (Å²) in [4.78, 5) is 0. The number of rotatable bonds is 3. The van der Waals surface area contributed by atoms with Gasteiger partial charge in [0.1, 0.15) is 5.82 Å². The molecule has 0 atom stereocenters. The molecular weight excluding hydrogens is 215 g/mol. The van der Waals surface area contributed by atoms with Gasteiger partial charge in [-0.15, -0.1) is 0 Å². The minimum Gasteiger partial charge on any atom is -0.396 e. The fraction of sp³-hybridized carbons (Fsp3) is 0.571. The number of anilines is 1. The molecule has 0 heterocycles. The Morgan fingerprint density at radius 1 is 1.18 bits per heavy atom. The highest BCUT2D eigenvalue weighted by Crippen LogP contribution is 2.18. The van der Waals surface area contributed by atoms with Crippen molar-refractivity contribution in [2.24, 2.45) is 0 Å². The van der Waals surface area contributed by atoms with E-state index >= 15 is 0 Å². The van der Waals surface area contributed by atoms with E-state index in [9.17, 15) is 4.39 Å². The molecule has 1 fully saturated rings. The van der Waals surface area contributed by atoms with Crippen molar-refractivity contribution in [2.75, 3.05) is 5.73 Å². The third-order valence-electron chi connectivity index (χ3n) is 3.51. The minimum atomic E-state index is -0.315. The summed E-state index contributed by atoms with van der Waals surface area (Å²) in [6.07, 6.45) is 7.83. The Hall–Kier alpha value is -1.09. The SMILES string of the molecule is Nc1ccc(CNC2CCCCCC2)cc1F. The number of hydrogen-bond donors (Lipinski definition) is 2. The average molecular weight is 236 g/mol. The van der Waals surface area contributed by atoms with Crippen molar-refractivity contribution in [1.29, 1.82) is 0 Å². The van der Waals surface area contributed by atoms with Gasteiger partial charge in [0.05, 0.1) is 5.69 Å². The van der Waals surface area contributed by atoms with Gasteiger partial charge >= 0.3 is 0 Å². The highest BCUT2D eigenvalue weighted by molar-refractivity contribution is 5.41. The molecule has 1 saturated carbocycles. The van der Waals surface area contributed by atoms with Crippen LogP contribution in [-0.4, -0.2) is 6.04 Å². The molecule has 1 aliphatic rings. The highest BCUT2D eigenvalue weighted by atomic mass is 19.1. The average Bonchev–Trinajstić information content (AvgIpc) is 2.59. The molecule has 0 saturated heterocycles. The van der Waals surface area contributed by atoms with Gasteiger partial charge in [-0.25, -0.2) is 4.39 Å². The van der Waals surface area contributed by atoms with Crippen LogP contribution in [0, 0.1) is 5.82 Å². The van der Waals surface area contributed by atoms with Crippen LogP contribution in [0.15, 0.2) is 18.2 Å². The molecule has 2 rings (SSSR count). The van der Waals surface area contributed by atoms with E-state index in [4.69, 9.17) is 5.73 Å². The van der Waals surface area contributed by atoms with E-state index in [2.05, 4.69) is 5.32 Å². The van der Waals surface area contributed by atoms with E-state index in [0.717, 1.165) is 12.1 Å². The molecule has 0 unspecified atom stereocenters. The summed E-state index contributed by atoms with van der Waals surface area (Å²) in [7, 11) is 0. The Morgan fingerprint density at radius 2 is 1.88 bits per heavy atom. The Labute approximate surface area is 102 Å². The molecule has 3 heteroatoms. The van der Waals surface area contributed by atoms with Crippen LogP contribution in [0.2, 0.25) is 0 Å². The smallest absolute Gasteiger partial charge is 0.146 e. The van der Waals surface area contributed by atoms with Crippen molar-refractivity contribution in [3.8, 4) is 0 Å². The molecule has 2 nitrogen and oxygen atoms in total. The molecule has 0 spiro atoms. The number of nitrogens with one attached hydrogen (secondary N) is 1. The number of nitrogen functional groups attached to an aromatic ring is 1. The maximum atomic E-state index is 13.3. The summed E-state index contributed by atoms with van der Waals surface area (Å²) >= 11 is 0. The number of halogens is 1. The predicted octanol–water partition coefficient (Wildman–Crippen LogP) is 3.22. The van der Waals surface area contributed by atoms with Crippen molar-refractivity contribution in [3.05, 3.63) is 29.6 Å². The van der Waals surface area contributed by atoms with Gasteiger partial charge in [0, 0.05) is 12.6 Å². The second-order valence-electron chi connectivity index (χ2n) is 4.93. The molecular formula is C14H21FN2. The zero-order valence-electron chi connectivity index (χ0n) is 10.2. The van der Waals surface area contributed by atoms with E-state index in [1.165, 1.54) is 44.6 Å². The van der Waals surface area contributed by atoms with Crippen LogP contribution >= 0.6 is 0 Å². The van der Waals surface area contributed by atoms with Gasteiger partial charge in [-0.1, -0.05) is 31.7 Å². The van der Waals surface area contributed by atoms with Gasteiger partial charge in [-0.05, 0) is 30.5 Å². The molecule has 0 aliphatic heterocycles. The van der Waals surface area contributed by atoms with Crippen molar-refractivity contribution >= 4 is 5.69 Å². The molecule has 0 radical (unpaired) electrons. The van der Waals surface area contributed by atoms with Crippen LogP contribution in [0.5, 0.6) is 0 Å². The van der Waals surface area contributed by atoms with Gasteiger partial charge in [0.25, 0.3) is 0 Å². The lowest BCUT2D eigenvalue weighted by Crippen LogP contribution is -2.27. The third kappa shape index (κ3) is 3.70. The molecule has 17 heavy (non-hydrogen) atoms.